The first-order valence-corrected chi connectivity index (χ1v) is 11.8. The van der Waals surface area contributed by atoms with Crippen molar-refractivity contribution in [2.24, 2.45) is 0 Å². The first-order valence-electron chi connectivity index (χ1n) is 6.30. The fraction of sp³-hybridized carbons (Fsp3) is 1.00. The molecule has 1 aliphatic heterocycles. The minimum absolute atomic E-state index is 0.562. The SMILES string of the molecule is CO[C@H]1CS(=O)(=O)C[C@@H](OC)[C@@H](OS(C)(=O)=O)[C@@H]1OS(C)(=O)=O. The molecule has 0 aromatic rings. The Morgan fingerprint density at radius 1 is 0.783 bits per heavy atom. The molecule has 10 nitrogen and oxygen atoms in total. The largest absolute Gasteiger partial charge is 0.378 e. The molecule has 0 bridgehead atoms. The molecule has 13 heteroatoms. The van der Waals surface area contributed by atoms with Crippen LogP contribution in [0.25, 0.3) is 0 Å². The van der Waals surface area contributed by atoms with E-state index in [2.05, 4.69) is 0 Å². The fourth-order valence-electron chi connectivity index (χ4n) is 2.22. The van der Waals surface area contributed by atoms with Gasteiger partial charge in [0.25, 0.3) is 20.2 Å². The van der Waals surface area contributed by atoms with E-state index in [1.165, 1.54) is 0 Å². The van der Waals surface area contributed by atoms with E-state index < -0.39 is 66.0 Å². The average Bonchev–Trinajstić information content (AvgIpc) is 2.43. The van der Waals surface area contributed by atoms with Gasteiger partial charge in [-0.2, -0.15) is 16.8 Å². The van der Waals surface area contributed by atoms with Crippen LogP contribution >= 0.6 is 0 Å². The second-order valence-electron chi connectivity index (χ2n) is 5.16. The standard InChI is InChI=1S/C10H20O10S3/c1-17-7-5-23(15,16)6-8(18-2)10(20-22(4,13)14)9(7)19-21(3,11)12/h7-10H,5-6H2,1-4H3/t7-,8+,9-,10-/m1/s1. The predicted molar refractivity (Wildman–Crippen MR) is 79.7 cm³/mol. The summed E-state index contributed by atoms with van der Waals surface area (Å²) < 4.78 is 89.7. The van der Waals surface area contributed by atoms with Crippen LogP contribution in [0.4, 0.5) is 0 Å². The zero-order valence-electron chi connectivity index (χ0n) is 13.0. The minimum Gasteiger partial charge on any atom is -0.378 e. The van der Waals surface area contributed by atoms with E-state index in [1.807, 2.05) is 0 Å². The lowest BCUT2D eigenvalue weighted by Gasteiger charge is -2.31. The van der Waals surface area contributed by atoms with Crippen LogP contribution in [0.5, 0.6) is 0 Å². The Hall–Kier alpha value is -0.310. The van der Waals surface area contributed by atoms with Crippen molar-refractivity contribution in [3.63, 3.8) is 0 Å². The third-order valence-corrected chi connectivity index (χ3v) is 5.89. The van der Waals surface area contributed by atoms with E-state index in [9.17, 15) is 25.3 Å². The molecular formula is C10H20O10S3. The maximum absolute atomic E-state index is 12.1. The summed E-state index contributed by atoms with van der Waals surface area (Å²) in [7, 11) is -9.50. The first kappa shape index (κ1) is 20.7. The highest BCUT2D eigenvalue weighted by Crippen LogP contribution is 2.26. The fourth-order valence-corrected chi connectivity index (χ4v) is 5.29. The van der Waals surface area contributed by atoms with Crippen LogP contribution in [0.1, 0.15) is 0 Å². The van der Waals surface area contributed by atoms with Crippen molar-refractivity contribution in [1.29, 1.82) is 0 Å². The predicted octanol–water partition coefficient (Wildman–Crippen LogP) is -1.87. The quantitative estimate of drug-likeness (QED) is 0.469. The molecule has 138 valence electrons. The van der Waals surface area contributed by atoms with Gasteiger partial charge in [0.1, 0.15) is 24.4 Å². The van der Waals surface area contributed by atoms with Gasteiger partial charge >= 0.3 is 0 Å². The van der Waals surface area contributed by atoms with Crippen LogP contribution < -0.4 is 0 Å². The van der Waals surface area contributed by atoms with E-state index >= 15 is 0 Å². The van der Waals surface area contributed by atoms with Gasteiger partial charge < -0.3 is 9.47 Å². The van der Waals surface area contributed by atoms with Crippen LogP contribution in [0.3, 0.4) is 0 Å². The number of hydrogen-bond donors (Lipinski definition) is 0. The molecule has 1 rings (SSSR count). The third kappa shape index (κ3) is 6.60. The molecule has 0 aromatic heterocycles. The summed E-state index contributed by atoms with van der Waals surface area (Å²) in [6.07, 6.45) is -4.02. The van der Waals surface area contributed by atoms with Crippen molar-refractivity contribution in [2.45, 2.75) is 24.4 Å². The summed E-state index contributed by atoms with van der Waals surface area (Å²) in [5, 5.41) is 0. The summed E-state index contributed by atoms with van der Waals surface area (Å²) in [6, 6.07) is 0. The Labute approximate surface area is 136 Å². The normalized spacial score (nSPS) is 32.3. The third-order valence-electron chi connectivity index (χ3n) is 3.07. The van der Waals surface area contributed by atoms with Crippen LogP contribution in [0.2, 0.25) is 0 Å². The highest BCUT2D eigenvalue weighted by atomic mass is 32.2. The molecule has 0 saturated carbocycles. The van der Waals surface area contributed by atoms with Crippen molar-refractivity contribution in [3.8, 4) is 0 Å². The topological polar surface area (TPSA) is 139 Å². The smallest absolute Gasteiger partial charge is 0.264 e. The van der Waals surface area contributed by atoms with Gasteiger partial charge in [-0.3, -0.25) is 8.37 Å². The van der Waals surface area contributed by atoms with Crippen LogP contribution in [0.15, 0.2) is 0 Å². The highest BCUT2D eigenvalue weighted by molar-refractivity contribution is 7.91. The molecule has 0 amide bonds. The Bertz CT molecular complexity index is 652. The Morgan fingerprint density at radius 2 is 1.09 bits per heavy atom. The number of ether oxygens (including phenoxy) is 2. The van der Waals surface area contributed by atoms with Crippen LogP contribution in [-0.2, 0) is 47.9 Å². The summed E-state index contributed by atoms with van der Waals surface area (Å²) in [6.45, 7) is 0. The lowest BCUT2D eigenvalue weighted by atomic mass is 10.1. The molecule has 1 aliphatic rings. The average molecular weight is 396 g/mol. The zero-order valence-corrected chi connectivity index (χ0v) is 15.5. The van der Waals surface area contributed by atoms with Gasteiger partial charge in [0.2, 0.25) is 0 Å². The molecule has 0 spiro atoms. The summed E-state index contributed by atoms with van der Waals surface area (Å²) in [5.74, 6) is -1.12. The molecule has 1 saturated heterocycles. The molecule has 4 atom stereocenters. The Morgan fingerprint density at radius 3 is 1.30 bits per heavy atom. The number of methoxy groups -OCH3 is 2. The summed E-state index contributed by atoms with van der Waals surface area (Å²) in [4.78, 5) is 0. The van der Waals surface area contributed by atoms with Gasteiger partial charge in [-0.1, -0.05) is 0 Å². The van der Waals surface area contributed by atoms with Gasteiger partial charge in [0.15, 0.2) is 9.84 Å². The van der Waals surface area contributed by atoms with E-state index in [-0.39, 0.29) is 0 Å². The second-order valence-corrected chi connectivity index (χ2v) is 10.5. The van der Waals surface area contributed by atoms with Gasteiger partial charge in [-0.15, -0.1) is 0 Å². The van der Waals surface area contributed by atoms with E-state index in [0.29, 0.717) is 0 Å². The molecule has 0 radical (unpaired) electrons. The monoisotopic (exact) mass is 396 g/mol. The molecule has 1 heterocycles. The van der Waals surface area contributed by atoms with E-state index in [1.54, 1.807) is 0 Å². The molecule has 1 fully saturated rings. The summed E-state index contributed by atoms with van der Waals surface area (Å²) in [5.41, 5.74) is 0. The Kier molecular flexibility index (Phi) is 6.57. The van der Waals surface area contributed by atoms with Crippen molar-refractivity contribution < 1.29 is 43.1 Å². The molecule has 0 N–H and O–H groups in total. The van der Waals surface area contributed by atoms with Crippen molar-refractivity contribution in [3.05, 3.63) is 0 Å². The molecule has 0 aromatic carbocycles. The van der Waals surface area contributed by atoms with Gasteiger partial charge in [-0.05, 0) is 0 Å². The van der Waals surface area contributed by atoms with E-state index in [0.717, 1.165) is 26.7 Å². The lowest BCUT2D eigenvalue weighted by molar-refractivity contribution is -0.0811. The van der Waals surface area contributed by atoms with Gasteiger partial charge in [0, 0.05) is 14.2 Å². The number of hydrogen-bond acceptors (Lipinski definition) is 10. The Balaban J connectivity index is 3.41. The number of sulfone groups is 1. The van der Waals surface area contributed by atoms with Crippen LogP contribution in [0, 0.1) is 0 Å². The van der Waals surface area contributed by atoms with Crippen LogP contribution in [-0.4, -0.2) is 87.9 Å². The van der Waals surface area contributed by atoms with Crippen molar-refractivity contribution in [1.82, 2.24) is 0 Å². The molecule has 0 unspecified atom stereocenters. The lowest BCUT2D eigenvalue weighted by Crippen LogP contribution is -2.50. The van der Waals surface area contributed by atoms with Crippen molar-refractivity contribution >= 4 is 30.1 Å². The minimum atomic E-state index is -4.05. The first-order chi connectivity index (χ1) is 10.3. The molecule has 0 aliphatic carbocycles. The molecular weight excluding hydrogens is 376 g/mol. The van der Waals surface area contributed by atoms with E-state index in [4.69, 9.17) is 17.8 Å². The zero-order chi connectivity index (χ0) is 18.1. The molecule has 23 heavy (non-hydrogen) atoms. The van der Waals surface area contributed by atoms with Crippen molar-refractivity contribution in [2.75, 3.05) is 38.2 Å². The van der Waals surface area contributed by atoms with Gasteiger partial charge in [0.05, 0.1) is 24.0 Å². The maximum atomic E-state index is 12.1. The second kappa shape index (κ2) is 7.29. The highest BCUT2D eigenvalue weighted by Gasteiger charge is 2.47. The summed E-state index contributed by atoms with van der Waals surface area (Å²) >= 11 is 0. The number of rotatable bonds is 6. The maximum Gasteiger partial charge on any atom is 0.264 e. The van der Waals surface area contributed by atoms with Gasteiger partial charge in [-0.25, -0.2) is 8.42 Å².